The number of hydrogen-bond acceptors (Lipinski definition) is 7. The van der Waals surface area contributed by atoms with Gasteiger partial charge in [0, 0.05) is 24.7 Å². The molecule has 7 heteroatoms. The molecule has 0 amide bonds. The number of ether oxygens (including phenoxy) is 1. The first-order valence-corrected chi connectivity index (χ1v) is 14.9. The zero-order chi connectivity index (χ0) is 28.2. The van der Waals surface area contributed by atoms with Crippen LogP contribution in [0.2, 0.25) is 0 Å². The van der Waals surface area contributed by atoms with E-state index in [0.29, 0.717) is 11.1 Å². The monoisotopic (exact) mass is 545 g/mol. The maximum atomic E-state index is 13.4. The van der Waals surface area contributed by atoms with Crippen LogP contribution in [0.4, 0.5) is 5.69 Å². The molecule has 1 aliphatic heterocycles. The molecule has 1 atom stereocenters. The summed E-state index contributed by atoms with van der Waals surface area (Å²) in [5.74, 6) is -0.536. The molecule has 2 aliphatic carbocycles. The third-order valence-corrected chi connectivity index (χ3v) is 9.63. The highest BCUT2D eigenvalue weighted by Crippen LogP contribution is 2.51. The average molecular weight is 546 g/mol. The fourth-order valence-corrected chi connectivity index (χ4v) is 7.20. The molecule has 40 heavy (non-hydrogen) atoms. The van der Waals surface area contributed by atoms with Crippen LogP contribution < -0.4 is 5.01 Å². The summed E-state index contributed by atoms with van der Waals surface area (Å²) in [6.07, 6.45) is 9.57. The van der Waals surface area contributed by atoms with Gasteiger partial charge in [-0.3, -0.25) is 9.80 Å². The van der Waals surface area contributed by atoms with E-state index in [2.05, 4.69) is 16.7 Å². The summed E-state index contributed by atoms with van der Waals surface area (Å²) in [5, 5.41) is 17.8. The van der Waals surface area contributed by atoms with Gasteiger partial charge < -0.3 is 14.7 Å². The zero-order valence-electron chi connectivity index (χ0n) is 23.8. The highest BCUT2D eigenvalue weighted by molar-refractivity contribution is 5.82. The smallest absolute Gasteiger partial charge is 0.343 e. The van der Waals surface area contributed by atoms with Crippen LogP contribution in [0.3, 0.4) is 0 Å². The lowest BCUT2D eigenvalue weighted by atomic mass is 9.61. The molecular formula is C33H43N3O4. The van der Waals surface area contributed by atoms with E-state index in [1.807, 2.05) is 60.5 Å². The number of carbonyl (C=O) groups is 2. The fourth-order valence-electron chi connectivity index (χ4n) is 7.20. The van der Waals surface area contributed by atoms with Gasteiger partial charge in [0.15, 0.2) is 5.60 Å². The number of aryl methyl sites for hydroxylation is 1. The van der Waals surface area contributed by atoms with Gasteiger partial charge in [-0.05, 0) is 106 Å². The molecule has 0 aromatic heterocycles. The Morgan fingerprint density at radius 2 is 1.88 bits per heavy atom. The van der Waals surface area contributed by atoms with Crippen LogP contribution in [0.5, 0.6) is 0 Å². The standard InChI is InChI=1S/C33H43N3O4/c1-25-21-26(24-37)13-14-30(25)36(34-2)18-8-17-35-19-15-32(16-20-35)22-29(23-32)40-31(38)33(39,28-11-6-7-12-28)27-9-4-3-5-10-27/h3-5,9-10,13-14,21,24,28-29,39H,2,6-8,11-12,15-20,22-23H2,1H3. The molecule has 2 aromatic carbocycles. The third-order valence-electron chi connectivity index (χ3n) is 9.63. The van der Waals surface area contributed by atoms with E-state index in [4.69, 9.17) is 4.74 Å². The summed E-state index contributed by atoms with van der Waals surface area (Å²) < 4.78 is 6.00. The van der Waals surface area contributed by atoms with E-state index in [1.165, 1.54) is 0 Å². The van der Waals surface area contributed by atoms with Gasteiger partial charge in [0.25, 0.3) is 0 Å². The van der Waals surface area contributed by atoms with Crippen molar-refractivity contribution >= 4 is 24.7 Å². The lowest BCUT2D eigenvalue weighted by molar-refractivity contribution is -0.192. The summed E-state index contributed by atoms with van der Waals surface area (Å²) >= 11 is 0. The number of rotatable bonds is 11. The summed E-state index contributed by atoms with van der Waals surface area (Å²) in [7, 11) is 0. The van der Waals surface area contributed by atoms with Crippen molar-refractivity contribution in [3.05, 3.63) is 65.2 Å². The van der Waals surface area contributed by atoms with Crippen LogP contribution in [0.25, 0.3) is 0 Å². The Morgan fingerprint density at radius 1 is 1.18 bits per heavy atom. The van der Waals surface area contributed by atoms with Crippen LogP contribution in [0, 0.1) is 18.3 Å². The minimum Gasteiger partial charge on any atom is -0.460 e. The molecule has 1 spiro atoms. The van der Waals surface area contributed by atoms with Gasteiger partial charge in [-0.1, -0.05) is 43.2 Å². The molecule has 1 N–H and O–H groups in total. The Balaban J connectivity index is 1.08. The molecule has 2 saturated carbocycles. The van der Waals surface area contributed by atoms with Crippen molar-refractivity contribution in [2.45, 2.75) is 76.4 Å². The topological polar surface area (TPSA) is 82.4 Å². The molecule has 3 fully saturated rings. The van der Waals surface area contributed by atoms with E-state index in [0.717, 1.165) is 102 Å². The Labute approximate surface area is 238 Å². The number of piperidine rings is 1. The number of aldehydes is 1. The van der Waals surface area contributed by atoms with Crippen molar-refractivity contribution < 1.29 is 19.4 Å². The SMILES string of the molecule is C=NN(CCCN1CCC2(CC1)CC(OC(=O)C(O)(c1ccccc1)C1CCCC1)C2)c1ccc(C=O)cc1C. The minimum absolute atomic E-state index is 0.0773. The molecule has 1 unspecified atom stereocenters. The molecule has 1 heterocycles. The highest BCUT2D eigenvalue weighted by Gasteiger charge is 2.52. The second-order valence-corrected chi connectivity index (χ2v) is 12.2. The minimum atomic E-state index is -1.55. The number of benzene rings is 2. The summed E-state index contributed by atoms with van der Waals surface area (Å²) in [6.45, 7) is 9.60. The van der Waals surface area contributed by atoms with Crippen molar-refractivity contribution in [3.63, 3.8) is 0 Å². The first-order chi connectivity index (χ1) is 19.4. The second-order valence-electron chi connectivity index (χ2n) is 12.2. The number of carbonyl (C=O) groups excluding carboxylic acids is 2. The van der Waals surface area contributed by atoms with Gasteiger partial charge in [-0.2, -0.15) is 5.10 Å². The molecule has 3 aliphatic rings. The maximum Gasteiger partial charge on any atom is 0.343 e. The number of esters is 1. The van der Waals surface area contributed by atoms with Gasteiger partial charge in [0.2, 0.25) is 0 Å². The van der Waals surface area contributed by atoms with Crippen molar-refractivity contribution in [3.8, 4) is 0 Å². The van der Waals surface area contributed by atoms with E-state index < -0.39 is 11.6 Å². The predicted octanol–water partition coefficient (Wildman–Crippen LogP) is 5.49. The molecule has 0 radical (unpaired) electrons. The van der Waals surface area contributed by atoms with Crippen LogP contribution in [-0.4, -0.2) is 61.3 Å². The molecule has 0 bridgehead atoms. The van der Waals surface area contributed by atoms with Crippen molar-refractivity contribution in [2.24, 2.45) is 16.4 Å². The third kappa shape index (κ3) is 5.86. The Hall–Kier alpha value is -3.03. The van der Waals surface area contributed by atoms with Crippen molar-refractivity contribution in [1.82, 2.24) is 4.90 Å². The fraction of sp³-hybridized carbons (Fsp3) is 0.545. The van der Waals surface area contributed by atoms with E-state index >= 15 is 0 Å². The normalized spacial score (nSPS) is 20.9. The molecule has 1 saturated heterocycles. The van der Waals surface area contributed by atoms with Crippen LogP contribution in [0.15, 0.2) is 53.6 Å². The van der Waals surface area contributed by atoms with Crippen molar-refractivity contribution in [2.75, 3.05) is 31.2 Å². The second kappa shape index (κ2) is 12.2. The number of hydrazone groups is 1. The number of nitrogens with zero attached hydrogens (tertiary/aromatic N) is 3. The largest absolute Gasteiger partial charge is 0.460 e. The van der Waals surface area contributed by atoms with Gasteiger partial charge in [-0.25, -0.2) is 4.79 Å². The molecule has 2 aromatic rings. The quantitative estimate of drug-likeness (QED) is 0.174. The lowest BCUT2D eigenvalue weighted by Crippen LogP contribution is -2.53. The highest BCUT2D eigenvalue weighted by atomic mass is 16.6. The first kappa shape index (κ1) is 28.5. The van der Waals surface area contributed by atoms with Gasteiger partial charge >= 0.3 is 5.97 Å². The molecule has 5 rings (SSSR count). The van der Waals surface area contributed by atoms with Crippen LogP contribution >= 0.6 is 0 Å². The average Bonchev–Trinajstić information content (AvgIpc) is 3.51. The van der Waals surface area contributed by atoms with Gasteiger partial charge in [-0.15, -0.1) is 0 Å². The number of aliphatic hydroxyl groups is 1. The maximum absolute atomic E-state index is 13.4. The Kier molecular flexibility index (Phi) is 8.71. The van der Waals surface area contributed by atoms with Crippen molar-refractivity contribution in [1.29, 1.82) is 0 Å². The molecule has 214 valence electrons. The van der Waals surface area contributed by atoms with Gasteiger partial charge in [0.1, 0.15) is 12.4 Å². The predicted molar refractivity (Wildman–Crippen MR) is 158 cm³/mol. The Morgan fingerprint density at radius 3 is 2.50 bits per heavy atom. The van der Waals surface area contributed by atoms with Crippen LogP contribution in [-0.2, 0) is 15.1 Å². The van der Waals surface area contributed by atoms with E-state index in [1.54, 1.807) is 0 Å². The van der Waals surface area contributed by atoms with Gasteiger partial charge in [0.05, 0.1) is 5.69 Å². The van der Waals surface area contributed by atoms with E-state index in [9.17, 15) is 14.7 Å². The zero-order valence-corrected chi connectivity index (χ0v) is 23.8. The Bertz CT molecular complexity index is 1180. The van der Waals surface area contributed by atoms with E-state index in [-0.39, 0.29) is 17.4 Å². The number of likely N-dealkylation sites (tertiary alicyclic amines) is 1. The molecule has 7 nitrogen and oxygen atoms in total. The summed E-state index contributed by atoms with van der Waals surface area (Å²) in [4.78, 5) is 27.0. The summed E-state index contributed by atoms with van der Waals surface area (Å²) in [6, 6.07) is 15.0. The number of hydrogen-bond donors (Lipinski definition) is 1. The first-order valence-electron chi connectivity index (χ1n) is 14.9. The summed E-state index contributed by atoms with van der Waals surface area (Å²) in [5.41, 5.74) is 2.04. The number of anilines is 1. The lowest BCUT2D eigenvalue weighted by Gasteiger charge is -2.52. The van der Waals surface area contributed by atoms with Crippen LogP contribution in [0.1, 0.15) is 79.3 Å². The molecular weight excluding hydrogens is 502 g/mol.